The van der Waals surface area contributed by atoms with Gasteiger partial charge in [-0.1, -0.05) is 5.16 Å². The van der Waals surface area contributed by atoms with E-state index in [1.165, 1.54) is 0 Å². The van der Waals surface area contributed by atoms with Gasteiger partial charge in [0, 0.05) is 5.69 Å². The molecular weight excluding hydrogens is 224 g/mol. The Labute approximate surface area is 96.2 Å². The molecule has 0 atom stereocenters. The fraction of sp³-hybridized carbons (Fsp3) is 0.100. The molecule has 0 aliphatic carbocycles. The molecule has 17 heavy (non-hydrogen) atoms. The maximum Gasteiger partial charge on any atom is 0.290 e. The summed E-state index contributed by atoms with van der Waals surface area (Å²) in [5, 5.41) is 15.5. The number of phenols is 1. The summed E-state index contributed by atoms with van der Waals surface area (Å²) in [5.41, 5.74) is 5.76. The van der Waals surface area contributed by atoms with Crippen LogP contribution < -0.4 is 11.1 Å². The first-order valence-corrected chi connectivity index (χ1v) is 4.80. The van der Waals surface area contributed by atoms with Gasteiger partial charge in [0.25, 0.3) is 11.7 Å². The zero-order valence-corrected chi connectivity index (χ0v) is 8.75. The fourth-order valence-corrected chi connectivity index (χ4v) is 1.18. The van der Waals surface area contributed by atoms with E-state index in [1.807, 2.05) is 0 Å². The van der Waals surface area contributed by atoms with Crippen molar-refractivity contribution in [2.45, 2.75) is 6.54 Å². The van der Waals surface area contributed by atoms with Crippen LogP contribution in [0, 0.1) is 0 Å². The van der Waals surface area contributed by atoms with Crippen molar-refractivity contribution in [3.63, 3.8) is 0 Å². The molecular formula is C10H10N4O3. The van der Waals surface area contributed by atoms with Gasteiger partial charge in [-0.05, 0) is 24.3 Å². The zero-order chi connectivity index (χ0) is 12.3. The van der Waals surface area contributed by atoms with Gasteiger partial charge in [-0.2, -0.15) is 4.98 Å². The third-order valence-corrected chi connectivity index (χ3v) is 2.00. The van der Waals surface area contributed by atoms with Crippen molar-refractivity contribution < 1.29 is 14.4 Å². The van der Waals surface area contributed by atoms with Gasteiger partial charge in [-0.3, -0.25) is 4.79 Å². The highest BCUT2D eigenvalue weighted by molar-refractivity contribution is 5.88. The third-order valence-electron chi connectivity index (χ3n) is 2.00. The molecule has 2 rings (SSSR count). The molecule has 0 aliphatic rings. The van der Waals surface area contributed by atoms with Crippen molar-refractivity contribution >= 4 is 11.6 Å². The molecule has 7 heteroatoms. The van der Waals surface area contributed by atoms with Crippen LogP contribution in [-0.2, 0) is 6.54 Å². The Kier molecular flexibility index (Phi) is 2.91. The van der Waals surface area contributed by atoms with E-state index in [9.17, 15) is 4.79 Å². The number of aromatic hydroxyl groups is 1. The van der Waals surface area contributed by atoms with Gasteiger partial charge in [0.05, 0.1) is 6.54 Å². The number of anilines is 1. The second kappa shape index (κ2) is 4.52. The number of nitrogens with two attached hydrogens (primary N) is 1. The lowest BCUT2D eigenvalue weighted by molar-refractivity contribution is 0.0987. The van der Waals surface area contributed by atoms with Crippen LogP contribution in [-0.4, -0.2) is 21.2 Å². The molecule has 0 aliphatic heterocycles. The van der Waals surface area contributed by atoms with Crippen molar-refractivity contribution in [2.24, 2.45) is 5.73 Å². The first-order valence-electron chi connectivity index (χ1n) is 4.80. The normalized spacial score (nSPS) is 10.1. The molecule has 0 unspecified atom stereocenters. The lowest BCUT2D eigenvalue weighted by Gasteiger charge is -2.02. The van der Waals surface area contributed by atoms with Crippen LogP contribution in [0.2, 0.25) is 0 Å². The summed E-state index contributed by atoms with van der Waals surface area (Å²) in [5.74, 6) is -0.437. The van der Waals surface area contributed by atoms with Crippen LogP contribution >= 0.6 is 0 Å². The number of rotatable bonds is 4. The van der Waals surface area contributed by atoms with Gasteiger partial charge in [0.15, 0.2) is 0 Å². The summed E-state index contributed by atoms with van der Waals surface area (Å²) in [6, 6.07) is 6.48. The van der Waals surface area contributed by atoms with Crippen LogP contribution in [0.4, 0.5) is 5.69 Å². The van der Waals surface area contributed by atoms with Crippen LogP contribution in [0.3, 0.4) is 0 Å². The molecule has 1 aromatic heterocycles. The predicted octanol–water partition coefficient (Wildman–Crippen LogP) is 0.486. The maximum absolute atomic E-state index is 10.7. The van der Waals surface area contributed by atoms with Crippen LogP contribution in [0.25, 0.3) is 0 Å². The van der Waals surface area contributed by atoms with E-state index in [0.29, 0.717) is 0 Å². The standard InChI is InChI=1S/C10H10N4O3/c11-9(16)10-13-8(17-14-10)5-12-6-1-3-7(15)4-2-6/h1-4,12,15H,5H2,(H2,11,16). The number of hydrogen-bond donors (Lipinski definition) is 3. The number of aromatic nitrogens is 2. The third kappa shape index (κ3) is 2.71. The molecule has 0 bridgehead atoms. The van der Waals surface area contributed by atoms with Crippen molar-refractivity contribution in [2.75, 3.05) is 5.32 Å². The molecule has 0 spiro atoms. The second-order valence-corrected chi connectivity index (χ2v) is 3.28. The van der Waals surface area contributed by atoms with Crippen LogP contribution in [0.1, 0.15) is 16.5 Å². The number of amides is 1. The summed E-state index contributed by atoms with van der Waals surface area (Å²) in [4.78, 5) is 14.5. The van der Waals surface area contributed by atoms with E-state index < -0.39 is 5.91 Å². The number of primary amides is 1. The Morgan fingerprint density at radius 3 is 2.71 bits per heavy atom. The number of phenolic OH excluding ortho intramolecular Hbond substituents is 1. The zero-order valence-electron chi connectivity index (χ0n) is 8.75. The highest BCUT2D eigenvalue weighted by Gasteiger charge is 2.10. The van der Waals surface area contributed by atoms with Crippen molar-refractivity contribution in [1.82, 2.24) is 10.1 Å². The van der Waals surface area contributed by atoms with Crippen LogP contribution in [0.15, 0.2) is 28.8 Å². The predicted molar refractivity (Wildman–Crippen MR) is 58.2 cm³/mol. The number of carbonyl (C=O) groups excluding carboxylic acids is 1. The molecule has 0 fully saturated rings. The minimum Gasteiger partial charge on any atom is -0.508 e. The number of nitrogens with zero attached hydrogens (tertiary/aromatic N) is 2. The molecule has 4 N–H and O–H groups in total. The SMILES string of the molecule is NC(=O)c1noc(CNc2ccc(O)cc2)n1. The summed E-state index contributed by atoms with van der Waals surface area (Å²) >= 11 is 0. The van der Waals surface area contributed by atoms with Gasteiger partial charge in [-0.15, -0.1) is 0 Å². The maximum atomic E-state index is 10.7. The van der Waals surface area contributed by atoms with E-state index in [-0.39, 0.29) is 24.0 Å². The molecule has 2 aromatic rings. The minimum absolute atomic E-state index is 0.146. The Bertz CT molecular complexity index is 521. The minimum atomic E-state index is -0.732. The molecule has 0 saturated heterocycles. The molecule has 88 valence electrons. The van der Waals surface area contributed by atoms with Crippen molar-refractivity contribution in [1.29, 1.82) is 0 Å². The molecule has 1 heterocycles. The van der Waals surface area contributed by atoms with E-state index in [2.05, 4.69) is 15.5 Å². The Balaban J connectivity index is 1.97. The molecule has 1 aromatic carbocycles. The average Bonchev–Trinajstić information content (AvgIpc) is 2.77. The summed E-state index contributed by atoms with van der Waals surface area (Å²) in [7, 11) is 0. The second-order valence-electron chi connectivity index (χ2n) is 3.28. The Morgan fingerprint density at radius 2 is 2.12 bits per heavy atom. The van der Waals surface area contributed by atoms with E-state index in [0.717, 1.165) is 5.69 Å². The lowest BCUT2D eigenvalue weighted by Crippen LogP contribution is -2.13. The summed E-state index contributed by atoms with van der Waals surface area (Å²) < 4.78 is 4.80. The average molecular weight is 234 g/mol. The van der Waals surface area contributed by atoms with Gasteiger partial charge in [-0.25, -0.2) is 0 Å². The van der Waals surface area contributed by atoms with E-state index >= 15 is 0 Å². The largest absolute Gasteiger partial charge is 0.508 e. The number of nitrogens with one attached hydrogen (secondary N) is 1. The van der Waals surface area contributed by atoms with Crippen molar-refractivity contribution in [3.05, 3.63) is 36.0 Å². The lowest BCUT2D eigenvalue weighted by atomic mass is 10.3. The fourth-order valence-electron chi connectivity index (χ4n) is 1.18. The van der Waals surface area contributed by atoms with Gasteiger partial charge in [0.2, 0.25) is 5.89 Å². The number of carbonyl (C=O) groups is 1. The molecule has 1 amide bonds. The molecule has 7 nitrogen and oxygen atoms in total. The van der Waals surface area contributed by atoms with Gasteiger partial charge < -0.3 is 20.7 Å². The highest BCUT2D eigenvalue weighted by atomic mass is 16.5. The molecule has 0 saturated carbocycles. The topological polar surface area (TPSA) is 114 Å². The number of hydrogen-bond acceptors (Lipinski definition) is 6. The highest BCUT2D eigenvalue weighted by Crippen LogP contribution is 2.14. The summed E-state index contributed by atoms with van der Waals surface area (Å²) in [6.45, 7) is 0.269. The van der Waals surface area contributed by atoms with E-state index in [1.54, 1.807) is 24.3 Å². The van der Waals surface area contributed by atoms with Gasteiger partial charge >= 0.3 is 0 Å². The first-order chi connectivity index (χ1) is 8.15. The van der Waals surface area contributed by atoms with Crippen LogP contribution in [0.5, 0.6) is 5.75 Å². The smallest absolute Gasteiger partial charge is 0.290 e. The first kappa shape index (κ1) is 10.9. The molecule has 0 radical (unpaired) electrons. The van der Waals surface area contributed by atoms with Crippen molar-refractivity contribution in [3.8, 4) is 5.75 Å². The summed E-state index contributed by atoms with van der Waals surface area (Å²) in [6.07, 6.45) is 0. The Hall–Kier alpha value is -2.57. The van der Waals surface area contributed by atoms with E-state index in [4.69, 9.17) is 15.4 Å². The monoisotopic (exact) mass is 234 g/mol. The Morgan fingerprint density at radius 1 is 1.41 bits per heavy atom. The quantitative estimate of drug-likeness (QED) is 0.663. The number of benzene rings is 1. The van der Waals surface area contributed by atoms with Gasteiger partial charge in [0.1, 0.15) is 5.75 Å².